The highest BCUT2D eigenvalue weighted by Crippen LogP contribution is 2.27. The van der Waals surface area contributed by atoms with Crippen molar-refractivity contribution in [2.24, 2.45) is 0 Å². The number of anilines is 2. The number of hydrogen-bond acceptors (Lipinski definition) is 4. The van der Waals surface area contributed by atoms with Gasteiger partial charge in [0.25, 0.3) is 15.9 Å². The molecule has 0 atom stereocenters. The molecule has 0 bridgehead atoms. The minimum Gasteiger partial charge on any atom is -0.484 e. The van der Waals surface area contributed by atoms with E-state index in [1.807, 2.05) is 32.0 Å². The Labute approximate surface area is 191 Å². The maximum Gasteiger partial charge on any atom is 0.262 e. The first-order chi connectivity index (χ1) is 14.6. The summed E-state index contributed by atoms with van der Waals surface area (Å²) in [5.41, 5.74) is 3.19. The number of hydrogen-bond donors (Lipinski definition) is 2. The summed E-state index contributed by atoms with van der Waals surface area (Å²) in [5.74, 6) is 0.0463. The van der Waals surface area contributed by atoms with Gasteiger partial charge in [0.1, 0.15) is 5.75 Å². The molecule has 0 unspecified atom stereocenters. The fourth-order valence-electron chi connectivity index (χ4n) is 2.65. The predicted octanol–water partition coefficient (Wildman–Crippen LogP) is 5.43. The van der Waals surface area contributed by atoms with Gasteiger partial charge in [0.05, 0.1) is 20.6 Å². The zero-order valence-corrected chi connectivity index (χ0v) is 19.1. The molecule has 0 spiro atoms. The lowest BCUT2D eigenvalue weighted by atomic mass is 10.1. The lowest BCUT2D eigenvalue weighted by molar-refractivity contribution is -0.118. The molecule has 2 N–H and O–H groups in total. The first kappa shape index (κ1) is 22.9. The molecule has 0 heterocycles. The Bertz CT molecular complexity index is 1210. The smallest absolute Gasteiger partial charge is 0.262 e. The van der Waals surface area contributed by atoms with Crippen LogP contribution in [0.1, 0.15) is 11.1 Å². The van der Waals surface area contributed by atoms with Crippen molar-refractivity contribution in [3.63, 3.8) is 0 Å². The van der Waals surface area contributed by atoms with Crippen LogP contribution in [0.3, 0.4) is 0 Å². The number of aryl methyl sites for hydroxylation is 2. The van der Waals surface area contributed by atoms with E-state index in [1.54, 1.807) is 0 Å². The van der Waals surface area contributed by atoms with Gasteiger partial charge in [0.2, 0.25) is 0 Å². The van der Waals surface area contributed by atoms with Crippen LogP contribution in [0.4, 0.5) is 11.4 Å². The van der Waals surface area contributed by atoms with Crippen molar-refractivity contribution in [1.29, 1.82) is 0 Å². The highest BCUT2D eigenvalue weighted by Gasteiger charge is 2.15. The Morgan fingerprint density at radius 2 is 1.55 bits per heavy atom. The minimum atomic E-state index is -3.83. The van der Waals surface area contributed by atoms with Crippen LogP contribution >= 0.6 is 23.2 Å². The highest BCUT2D eigenvalue weighted by atomic mass is 35.5. The Kier molecular flexibility index (Phi) is 7.10. The standard InChI is InChI=1S/C22H20Cl2N2O4S/c1-14-3-4-16(11-15(14)2)25-22(27)13-30-18-6-8-19(9-7-18)31(28,29)26-17-5-10-20(23)21(24)12-17/h3-12,26H,13H2,1-2H3,(H,25,27). The van der Waals surface area contributed by atoms with Crippen LogP contribution in [0.5, 0.6) is 5.75 Å². The molecule has 6 nitrogen and oxygen atoms in total. The number of halogens is 2. The van der Waals surface area contributed by atoms with E-state index in [0.717, 1.165) is 11.1 Å². The van der Waals surface area contributed by atoms with E-state index in [0.29, 0.717) is 16.5 Å². The summed E-state index contributed by atoms with van der Waals surface area (Å²) in [6, 6.07) is 15.8. The SMILES string of the molecule is Cc1ccc(NC(=O)COc2ccc(S(=O)(=O)Nc3ccc(Cl)c(Cl)c3)cc2)cc1C. The van der Waals surface area contributed by atoms with Crippen LogP contribution in [-0.2, 0) is 14.8 Å². The first-order valence-corrected chi connectivity index (χ1v) is 11.5. The molecule has 31 heavy (non-hydrogen) atoms. The molecule has 0 fully saturated rings. The molecule has 9 heteroatoms. The molecule has 0 saturated carbocycles. The average Bonchev–Trinajstić information content (AvgIpc) is 2.72. The van der Waals surface area contributed by atoms with Crippen LogP contribution in [0.25, 0.3) is 0 Å². The van der Waals surface area contributed by atoms with Crippen LogP contribution in [-0.4, -0.2) is 20.9 Å². The van der Waals surface area contributed by atoms with Gasteiger partial charge < -0.3 is 10.1 Å². The summed E-state index contributed by atoms with van der Waals surface area (Å²) in [5, 5.41) is 3.33. The quantitative estimate of drug-likeness (QED) is 0.474. The first-order valence-electron chi connectivity index (χ1n) is 9.22. The monoisotopic (exact) mass is 478 g/mol. The van der Waals surface area contributed by atoms with E-state index in [2.05, 4.69) is 10.0 Å². The topological polar surface area (TPSA) is 84.5 Å². The van der Waals surface area contributed by atoms with Gasteiger partial charge in [-0.2, -0.15) is 0 Å². The molecule has 162 valence electrons. The van der Waals surface area contributed by atoms with Gasteiger partial charge in [0.15, 0.2) is 6.61 Å². The summed E-state index contributed by atoms with van der Waals surface area (Å²) < 4.78 is 33.0. The van der Waals surface area contributed by atoms with Gasteiger partial charge in [-0.15, -0.1) is 0 Å². The van der Waals surface area contributed by atoms with E-state index in [-0.39, 0.29) is 28.1 Å². The Hall–Kier alpha value is -2.74. The van der Waals surface area contributed by atoms with E-state index in [4.69, 9.17) is 27.9 Å². The molecule has 3 rings (SSSR count). The van der Waals surface area contributed by atoms with Crippen molar-refractivity contribution < 1.29 is 17.9 Å². The summed E-state index contributed by atoms with van der Waals surface area (Å²) in [4.78, 5) is 12.1. The minimum absolute atomic E-state index is 0.0329. The maximum absolute atomic E-state index is 12.5. The van der Waals surface area contributed by atoms with Crippen molar-refractivity contribution in [2.75, 3.05) is 16.6 Å². The van der Waals surface area contributed by atoms with E-state index >= 15 is 0 Å². The molecule has 0 aliphatic rings. The second-order valence-electron chi connectivity index (χ2n) is 6.84. The lowest BCUT2D eigenvalue weighted by Gasteiger charge is -2.11. The van der Waals surface area contributed by atoms with Crippen molar-refractivity contribution >= 4 is 50.5 Å². The van der Waals surface area contributed by atoms with Gasteiger partial charge in [-0.25, -0.2) is 8.42 Å². The van der Waals surface area contributed by atoms with E-state index < -0.39 is 10.0 Å². The Balaban J connectivity index is 1.59. The number of benzene rings is 3. The molecule has 1 amide bonds. The largest absolute Gasteiger partial charge is 0.484 e. The number of carbonyl (C=O) groups is 1. The highest BCUT2D eigenvalue weighted by molar-refractivity contribution is 7.92. The molecule has 3 aromatic carbocycles. The van der Waals surface area contributed by atoms with Gasteiger partial charge >= 0.3 is 0 Å². The zero-order valence-electron chi connectivity index (χ0n) is 16.8. The van der Waals surface area contributed by atoms with Crippen molar-refractivity contribution in [3.05, 3.63) is 81.8 Å². The van der Waals surface area contributed by atoms with E-state index in [9.17, 15) is 13.2 Å². The molecular formula is C22H20Cl2N2O4S. The molecular weight excluding hydrogens is 459 g/mol. The fraction of sp³-hybridized carbons (Fsp3) is 0.136. The summed E-state index contributed by atoms with van der Waals surface area (Å²) in [6.45, 7) is 3.75. The second-order valence-corrected chi connectivity index (χ2v) is 9.34. The third kappa shape index (κ3) is 6.13. The fourth-order valence-corrected chi connectivity index (χ4v) is 4.00. The van der Waals surface area contributed by atoms with Gasteiger partial charge in [0, 0.05) is 5.69 Å². The van der Waals surface area contributed by atoms with Crippen molar-refractivity contribution in [1.82, 2.24) is 0 Å². The zero-order chi connectivity index (χ0) is 22.6. The van der Waals surface area contributed by atoms with Gasteiger partial charge in [-0.05, 0) is 79.6 Å². The summed E-state index contributed by atoms with van der Waals surface area (Å²) in [7, 11) is -3.83. The molecule has 0 aromatic heterocycles. The Morgan fingerprint density at radius 1 is 0.871 bits per heavy atom. The van der Waals surface area contributed by atoms with Gasteiger partial charge in [-0.1, -0.05) is 29.3 Å². The lowest BCUT2D eigenvalue weighted by Crippen LogP contribution is -2.20. The normalized spacial score (nSPS) is 11.1. The summed E-state index contributed by atoms with van der Waals surface area (Å²) in [6.07, 6.45) is 0. The van der Waals surface area contributed by atoms with Crippen molar-refractivity contribution in [3.8, 4) is 5.75 Å². The van der Waals surface area contributed by atoms with E-state index in [1.165, 1.54) is 42.5 Å². The molecule has 0 aliphatic heterocycles. The molecule has 3 aromatic rings. The number of rotatable bonds is 7. The average molecular weight is 479 g/mol. The van der Waals surface area contributed by atoms with Crippen LogP contribution < -0.4 is 14.8 Å². The molecule has 0 saturated heterocycles. The number of ether oxygens (including phenoxy) is 1. The predicted molar refractivity (Wildman–Crippen MR) is 124 cm³/mol. The van der Waals surface area contributed by atoms with Crippen LogP contribution in [0.15, 0.2) is 65.6 Å². The second kappa shape index (κ2) is 9.60. The third-order valence-corrected chi connectivity index (χ3v) is 6.60. The number of nitrogens with one attached hydrogen (secondary N) is 2. The Morgan fingerprint density at radius 3 is 2.19 bits per heavy atom. The van der Waals surface area contributed by atoms with Gasteiger partial charge in [-0.3, -0.25) is 9.52 Å². The third-order valence-electron chi connectivity index (χ3n) is 4.47. The number of sulfonamides is 1. The maximum atomic E-state index is 12.5. The molecule has 0 radical (unpaired) electrons. The number of carbonyl (C=O) groups excluding carboxylic acids is 1. The van der Waals surface area contributed by atoms with Crippen molar-refractivity contribution in [2.45, 2.75) is 18.7 Å². The molecule has 0 aliphatic carbocycles. The summed E-state index contributed by atoms with van der Waals surface area (Å²) >= 11 is 11.8. The van der Waals surface area contributed by atoms with Crippen LogP contribution in [0.2, 0.25) is 10.0 Å². The number of amides is 1. The van der Waals surface area contributed by atoms with Crippen LogP contribution in [0, 0.1) is 13.8 Å².